The molecule has 2 aromatic rings. The van der Waals surface area contributed by atoms with Crippen molar-refractivity contribution in [1.29, 1.82) is 0 Å². The van der Waals surface area contributed by atoms with Crippen LogP contribution in [0.5, 0.6) is 0 Å². The minimum absolute atomic E-state index is 0.00467. The van der Waals surface area contributed by atoms with Crippen molar-refractivity contribution in [2.45, 2.75) is 63.5 Å². The van der Waals surface area contributed by atoms with Crippen molar-refractivity contribution < 1.29 is 30.4 Å². The van der Waals surface area contributed by atoms with E-state index in [4.69, 9.17) is 0 Å². The van der Waals surface area contributed by atoms with Gasteiger partial charge in [0.15, 0.2) is 9.84 Å². The van der Waals surface area contributed by atoms with Gasteiger partial charge in [0, 0.05) is 13.1 Å². The third kappa shape index (κ3) is 5.84. The van der Waals surface area contributed by atoms with Gasteiger partial charge >= 0.3 is 0 Å². The van der Waals surface area contributed by atoms with Crippen molar-refractivity contribution in [3.8, 4) is 0 Å². The Morgan fingerprint density at radius 3 is 1.78 bits per heavy atom. The third-order valence-electron chi connectivity index (χ3n) is 6.75. The topological polar surface area (TPSA) is 138 Å². The summed E-state index contributed by atoms with van der Waals surface area (Å²) in [5.41, 5.74) is 4.42. The minimum atomic E-state index is -4.27. The van der Waals surface area contributed by atoms with E-state index in [9.17, 15) is 30.4 Å². The lowest BCUT2D eigenvalue weighted by atomic mass is 10.1. The van der Waals surface area contributed by atoms with E-state index in [0.717, 1.165) is 26.6 Å². The Labute approximate surface area is 214 Å². The highest BCUT2D eigenvalue weighted by molar-refractivity contribution is 7.92. The van der Waals surface area contributed by atoms with Crippen molar-refractivity contribution in [1.82, 2.24) is 9.03 Å². The van der Waals surface area contributed by atoms with Crippen LogP contribution in [0.2, 0.25) is 0 Å². The lowest BCUT2D eigenvalue weighted by Gasteiger charge is -2.30. The zero-order valence-corrected chi connectivity index (χ0v) is 23.8. The molecule has 12 heteroatoms. The van der Waals surface area contributed by atoms with Gasteiger partial charge in [-0.05, 0) is 87.1 Å². The van der Waals surface area contributed by atoms with E-state index in [1.54, 1.807) is 45.9 Å². The number of sulfone groups is 1. The zero-order valence-electron chi connectivity index (χ0n) is 21.4. The predicted molar refractivity (Wildman–Crippen MR) is 139 cm³/mol. The quantitative estimate of drug-likeness (QED) is 0.503. The van der Waals surface area contributed by atoms with Crippen molar-refractivity contribution >= 4 is 29.9 Å². The van der Waals surface area contributed by atoms with Crippen LogP contribution in [0.4, 0.5) is 0 Å². The molecule has 2 aromatic carbocycles. The Bertz CT molecular complexity index is 1500. The molecule has 0 saturated carbocycles. The fourth-order valence-electron chi connectivity index (χ4n) is 4.48. The van der Waals surface area contributed by atoms with Gasteiger partial charge < -0.3 is 5.11 Å². The molecule has 1 saturated heterocycles. The molecule has 1 aliphatic heterocycles. The standard InChI is InChI=1S/C24H34N2O7S3/c1-15-9-19(5)23(11-17(15)3)35(30,31)25-7-8-26(21-13-34(28,29)14-22(21)27)36(32,33)24-12-18(4)16(2)10-20(24)6/h9-12,21-22,25,27H,7-8,13-14H2,1-6H3/t21-,22+/m0/s1. The Hall–Kier alpha value is -1.83. The first-order chi connectivity index (χ1) is 16.5. The van der Waals surface area contributed by atoms with E-state index >= 15 is 0 Å². The molecule has 0 aliphatic carbocycles. The normalized spacial score (nSPS) is 20.2. The van der Waals surface area contributed by atoms with E-state index in [1.807, 2.05) is 13.8 Å². The van der Waals surface area contributed by atoms with Crippen molar-refractivity contribution in [3.05, 3.63) is 57.6 Å². The SMILES string of the molecule is Cc1cc(C)c(S(=O)(=O)NCCN([C@H]2CS(=O)(=O)C[C@H]2O)S(=O)(=O)c2cc(C)c(C)cc2C)cc1C. The number of benzene rings is 2. The van der Waals surface area contributed by atoms with E-state index in [2.05, 4.69) is 4.72 Å². The average molecular weight is 559 g/mol. The van der Waals surface area contributed by atoms with Gasteiger partial charge in [-0.3, -0.25) is 0 Å². The summed E-state index contributed by atoms with van der Waals surface area (Å²) in [7, 11) is -11.9. The zero-order chi connectivity index (χ0) is 27.2. The third-order valence-corrected chi connectivity index (χ3v) is 12.1. The Balaban J connectivity index is 1.96. The molecule has 0 spiro atoms. The molecule has 0 radical (unpaired) electrons. The summed E-state index contributed by atoms with van der Waals surface area (Å²) in [5.74, 6) is -1.09. The molecule has 200 valence electrons. The summed E-state index contributed by atoms with van der Waals surface area (Å²) >= 11 is 0. The molecule has 2 atom stereocenters. The first-order valence-electron chi connectivity index (χ1n) is 11.5. The number of hydrogen-bond acceptors (Lipinski definition) is 7. The number of nitrogens with one attached hydrogen (secondary N) is 1. The first-order valence-corrected chi connectivity index (χ1v) is 16.3. The molecule has 1 fully saturated rings. The summed E-state index contributed by atoms with van der Waals surface area (Å²) in [6.07, 6.45) is -1.42. The molecule has 0 amide bonds. The predicted octanol–water partition coefficient (Wildman–Crippen LogP) is 1.66. The van der Waals surface area contributed by atoms with Gasteiger partial charge in [-0.15, -0.1) is 0 Å². The van der Waals surface area contributed by atoms with Gasteiger partial charge in [-0.25, -0.2) is 30.0 Å². The van der Waals surface area contributed by atoms with Crippen molar-refractivity contribution in [2.75, 3.05) is 24.6 Å². The average Bonchev–Trinajstić information content (AvgIpc) is 3.02. The monoisotopic (exact) mass is 558 g/mol. The number of rotatable bonds is 8. The van der Waals surface area contributed by atoms with Crippen LogP contribution in [-0.4, -0.2) is 71.4 Å². The molecule has 2 N–H and O–H groups in total. The molecule has 0 bridgehead atoms. The molecular formula is C24H34N2O7S3. The second-order valence-electron chi connectivity index (χ2n) is 9.63. The number of aryl methyl sites for hydroxylation is 6. The van der Waals surface area contributed by atoms with Gasteiger partial charge in [-0.2, -0.15) is 4.31 Å². The molecule has 0 unspecified atom stereocenters. The lowest BCUT2D eigenvalue weighted by Crippen LogP contribution is -2.49. The largest absolute Gasteiger partial charge is 0.390 e. The molecule has 0 aromatic heterocycles. The number of nitrogens with zero attached hydrogens (tertiary/aromatic N) is 1. The highest BCUT2D eigenvalue weighted by Crippen LogP contribution is 2.29. The summed E-state index contributed by atoms with van der Waals surface area (Å²) in [5, 5.41) is 10.5. The van der Waals surface area contributed by atoms with Crippen molar-refractivity contribution in [3.63, 3.8) is 0 Å². The molecule has 1 aliphatic rings. The second-order valence-corrected chi connectivity index (χ2v) is 15.4. The molecule has 36 heavy (non-hydrogen) atoms. The van der Waals surface area contributed by atoms with Crippen molar-refractivity contribution in [2.24, 2.45) is 0 Å². The molecule has 9 nitrogen and oxygen atoms in total. The Morgan fingerprint density at radius 2 is 1.28 bits per heavy atom. The van der Waals surface area contributed by atoms with Gasteiger partial charge in [-0.1, -0.05) is 12.1 Å². The Kier molecular flexibility index (Phi) is 8.10. The van der Waals surface area contributed by atoms with Gasteiger partial charge in [0.2, 0.25) is 20.0 Å². The van der Waals surface area contributed by atoms with Crippen LogP contribution < -0.4 is 4.72 Å². The second kappa shape index (κ2) is 10.1. The summed E-state index contributed by atoms with van der Waals surface area (Å²) in [6, 6.07) is 5.35. The minimum Gasteiger partial charge on any atom is -0.390 e. The van der Waals surface area contributed by atoms with Crippen LogP contribution in [0.1, 0.15) is 33.4 Å². The molecular weight excluding hydrogens is 524 g/mol. The van der Waals surface area contributed by atoms with E-state index in [1.165, 1.54) is 6.07 Å². The van der Waals surface area contributed by atoms with E-state index in [-0.39, 0.29) is 22.9 Å². The van der Waals surface area contributed by atoms with Gasteiger partial charge in [0.1, 0.15) is 0 Å². The van der Waals surface area contributed by atoms with Crippen LogP contribution in [0.15, 0.2) is 34.1 Å². The summed E-state index contributed by atoms with van der Waals surface area (Å²) < 4.78 is 81.4. The van der Waals surface area contributed by atoms with E-state index < -0.39 is 53.5 Å². The summed E-state index contributed by atoms with van der Waals surface area (Å²) in [4.78, 5) is 0.0865. The molecule has 1 heterocycles. The van der Waals surface area contributed by atoms with Crippen LogP contribution >= 0.6 is 0 Å². The summed E-state index contributed by atoms with van der Waals surface area (Å²) in [6.45, 7) is 9.97. The lowest BCUT2D eigenvalue weighted by molar-refractivity contribution is 0.128. The van der Waals surface area contributed by atoms with Gasteiger partial charge in [0.25, 0.3) is 0 Å². The van der Waals surface area contributed by atoms with E-state index in [0.29, 0.717) is 11.1 Å². The van der Waals surface area contributed by atoms with Crippen LogP contribution in [0.25, 0.3) is 0 Å². The number of sulfonamides is 2. The maximum absolute atomic E-state index is 13.8. The van der Waals surface area contributed by atoms with Gasteiger partial charge in [0.05, 0.1) is 33.4 Å². The highest BCUT2D eigenvalue weighted by Gasteiger charge is 2.45. The van der Waals surface area contributed by atoms with Crippen LogP contribution in [-0.2, 0) is 29.9 Å². The van der Waals surface area contributed by atoms with Crippen LogP contribution in [0.3, 0.4) is 0 Å². The maximum atomic E-state index is 13.8. The number of hydrogen-bond donors (Lipinski definition) is 2. The fraction of sp³-hybridized carbons (Fsp3) is 0.500. The smallest absolute Gasteiger partial charge is 0.243 e. The number of aliphatic hydroxyl groups is 1. The first kappa shape index (κ1) is 28.7. The Morgan fingerprint density at radius 1 is 0.806 bits per heavy atom. The molecule has 3 rings (SSSR count). The fourth-order valence-corrected chi connectivity index (χ4v) is 9.65. The maximum Gasteiger partial charge on any atom is 0.243 e. The number of aliphatic hydroxyl groups excluding tert-OH is 1. The highest BCUT2D eigenvalue weighted by atomic mass is 32.2. The van der Waals surface area contributed by atoms with Crippen LogP contribution in [0, 0.1) is 41.5 Å².